The summed E-state index contributed by atoms with van der Waals surface area (Å²) in [5.41, 5.74) is 3.43. The van der Waals surface area contributed by atoms with Gasteiger partial charge in [0.2, 0.25) is 0 Å². The third-order valence-corrected chi connectivity index (χ3v) is 4.68. The Morgan fingerprint density at radius 1 is 1.07 bits per heavy atom. The lowest BCUT2D eigenvalue weighted by atomic mass is 9.98. The third-order valence-electron chi connectivity index (χ3n) is 4.68. The summed E-state index contributed by atoms with van der Waals surface area (Å²) in [6, 6.07) is 11.5. The van der Waals surface area contributed by atoms with Crippen molar-refractivity contribution in [3.05, 3.63) is 53.1 Å². The number of amides is 1. The minimum absolute atomic E-state index is 0.0185. The molecule has 5 heteroatoms. The van der Waals surface area contributed by atoms with Crippen molar-refractivity contribution in [3.63, 3.8) is 0 Å². The second-order valence-electron chi connectivity index (χ2n) is 7.15. The molecule has 0 saturated heterocycles. The molecule has 0 fully saturated rings. The highest BCUT2D eigenvalue weighted by Gasteiger charge is 2.16. The number of carbonyl (C=O) groups excluding carboxylic acids is 1. The van der Waals surface area contributed by atoms with E-state index in [0.29, 0.717) is 24.9 Å². The first-order valence-electron chi connectivity index (χ1n) is 9.36. The second-order valence-corrected chi connectivity index (χ2v) is 7.15. The van der Waals surface area contributed by atoms with Gasteiger partial charge in [0.05, 0.1) is 6.04 Å². The molecule has 144 valence electrons. The normalized spacial score (nSPS) is 14.0. The average molecular weight is 369 g/mol. The second kappa shape index (κ2) is 8.33. The Hall–Kier alpha value is -2.69. The molecule has 0 aromatic heterocycles. The zero-order valence-corrected chi connectivity index (χ0v) is 16.4. The molecule has 5 nitrogen and oxygen atoms in total. The zero-order chi connectivity index (χ0) is 19.4. The Morgan fingerprint density at radius 3 is 2.52 bits per heavy atom. The first kappa shape index (κ1) is 19.1. The molecule has 1 aliphatic rings. The number of carbonyl (C=O) groups is 1. The van der Waals surface area contributed by atoms with E-state index in [1.807, 2.05) is 37.3 Å². The molecular weight excluding hydrogens is 342 g/mol. The van der Waals surface area contributed by atoms with Crippen molar-refractivity contribution in [2.24, 2.45) is 0 Å². The van der Waals surface area contributed by atoms with Crippen LogP contribution < -0.4 is 19.5 Å². The van der Waals surface area contributed by atoms with Crippen LogP contribution >= 0.6 is 0 Å². The summed E-state index contributed by atoms with van der Waals surface area (Å²) in [5.74, 6) is 2.47. The van der Waals surface area contributed by atoms with E-state index in [1.165, 1.54) is 11.1 Å². The van der Waals surface area contributed by atoms with E-state index in [2.05, 4.69) is 32.2 Å². The molecule has 1 unspecified atom stereocenters. The zero-order valence-electron chi connectivity index (χ0n) is 16.4. The quantitative estimate of drug-likeness (QED) is 0.831. The number of benzene rings is 2. The van der Waals surface area contributed by atoms with Crippen LogP contribution in [0.1, 0.15) is 49.4 Å². The van der Waals surface area contributed by atoms with E-state index in [4.69, 9.17) is 14.2 Å². The maximum absolute atomic E-state index is 12.3. The fourth-order valence-corrected chi connectivity index (χ4v) is 3.23. The molecule has 0 bridgehead atoms. The SMILES string of the molecule is Cc1cc(OCC(=O)NC(C)c2ccc3c(c2)OCCO3)ccc1C(C)C. The summed E-state index contributed by atoms with van der Waals surface area (Å²) in [6.45, 7) is 9.41. The van der Waals surface area contributed by atoms with Gasteiger partial charge >= 0.3 is 0 Å². The van der Waals surface area contributed by atoms with Gasteiger partial charge in [0.25, 0.3) is 5.91 Å². The van der Waals surface area contributed by atoms with Gasteiger partial charge in [-0.25, -0.2) is 0 Å². The maximum Gasteiger partial charge on any atom is 0.258 e. The van der Waals surface area contributed by atoms with Gasteiger partial charge in [0, 0.05) is 0 Å². The predicted octanol–water partition coefficient (Wildman–Crippen LogP) is 4.15. The van der Waals surface area contributed by atoms with Crippen LogP contribution in [0, 0.1) is 6.92 Å². The molecule has 0 aliphatic carbocycles. The molecule has 2 aromatic carbocycles. The summed E-state index contributed by atoms with van der Waals surface area (Å²) < 4.78 is 16.8. The van der Waals surface area contributed by atoms with Crippen LogP contribution in [-0.2, 0) is 4.79 Å². The lowest BCUT2D eigenvalue weighted by molar-refractivity contribution is -0.123. The highest BCUT2D eigenvalue weighted by atomic mass is 16.6. The van der Waals surface area contributed by atoms with Crippen LogP contribution in [0.5, 0.6) is 17.2 Å². The number of hydrogen-bond donors (Lipinski definition) is 1. The van der Waals surface area contributed by atoms with Gasteiger partial charge in [-0.05, 0) is 60.7 Å². The van der Waals surface area contributed by atoms with Crippen molar-refractivity contribution in [1.29, 1.82) is 0 Å². The number of ether oxygens (including phenoxy) is 3. The van der Waals surface area contributed by atoms with Crippen molar-refractivity contribution < 1.29 is 19.0 Å². The Bertz CT molecular complexity index is 816. The van der Waals surface area contributed by atoms with Gasteiger partial charge in [-0.2, -0.15) is 0 Å². The maximum atomic E-state index is 12.3. The van der Waals surface area contributed by atoms with Crippen LogP contribution in [0.3, 0.4) is 0 Å². The molecular formula is C22H27NO4. The lowest BCUT2D eigenvalue weighted by Gasteiger charge is -2.21. The van der Waals surface area contributed by atoms with Crippen LogP contribution in [-0.4, -0.2) is 25.7 Å². The smallest absolute Gasteiger partial charge is 0.258 e. The summed E-state index contributed by atoms with van der Waals surface area (Å²) in [6.07, 6.45) is 0. The minimum atomic E-state index is -0.164. The van der Waals surface area contributed by atoms with E-state index in [1.54, 1.807) is 0 Å². The minimum Gasteiger partial charge on any atom is -0.486 e. The van der Waals surface area contributed by atoms with Gasteiger partial charge in [-0.3, -0.25) is 4.79 Å². The first-order chi connectivity index (χ1) is 12.9. The van der Waals surface area contributed by atoms with Crippen LogP contribution in [0.4, 0.5) is 0 Å². The predicted molar refractivity (Wildman–Crippen MR) is 105 cm³/mol. The summed E-state index contributed by atoms with van der Waals surface area (Å²) in [5, 5.41) is 2.96. The highest BCUT2D eigenvalue weighted by molar-refractivity contribution is 5.78. The topological polar surface area (TPSA) is 56.8 Å². The molecule has 27 heavy (non-hydrogen) atoms. The van der Waals surface area contributed by atoms with Crippen LogP contribution in [0.15, 0.2) is 36.4 Å². The number of hydrogen-bond acceptors (Lipinski definition) is 4. The standard InChI is InChI=1S/C22H27NO4/c1-14(2)19-7-6-18(11-15(19)3)27-13-22(24)23-16(4)17-5-8-20-21(12-17)26-10-9-25-20/h5-8,11-12,14,16H,9-10,13H2,1-4H3,(H,23,24). The average Bonchev–Trinajstić information content (AvgIpc) is 2.65. The van der Waals surface area contributed by atoms with E-state index in [0.717, 1.165) is 17.1 Å². The molecule has 1 atom stereocenters. The van der Waals surface area contributed by atoms with Crippen LogP contribution in [0.2, 0.25) is 0 Å². The van der Waals surface area contributed by atoms with E-state index in [-0.39, 0.29) is 18.6 Å². The largest absolute Gasteiger partial charge is 0.486 e. The number of fused-ring (bicyclic) bond motifs is 1. The Labute approximate surface area is 160 Å². The van der Waals surface area contributed by atoms with Crippen molar-refractivity contribution in [3.8, 4) is 17.2 Å². The molecule has 0 saturated carbocycles. The first-order valence-corrected chi connectivity index (χ1v) is 9.36. The van der Waals surface area contributed by atoms with Crippen molar-refractivity contribution in [2.75, 3.05) is 19.8 Å². The third kappa shape index (κ3) is 4.73. The molecule has 1 amide bonds. The molecule has 0 spiro atoms. The number of aryl methyl sites for hydroxylation is 1. The number of rotatable bonds is 6. The van der Waals surface area contributed by atoms with Gasteiger partial charge in [-0.1, -0.05) is 26.0 Å². The molecule has 1 aliphatic heterocycles. The molecule has 1 heterocycles. The highest BCUT2D eigenvalue weighted by Crippen LogP contribution is 2.32. The van der Waals surface area contributed by atoms with Crippen LogP contribution in [0.25, 0.3) is 0 Å². The Morgan fingerprint density at radius 2 is 1.81 bits per heavy atom. The summed E-state index contributed by atoms with van der Waals surface area (Å²) in [4.78, 5) is 12.3. The van der Waals surface area contributed by atoms with Gasteiger partial charge in [-0.15, -0.1) is 0 Å². The fraction of sp³-hybridized carbons (Fsp3) is 0.409. The summed E-state index contributed by atoms with van der Waals surface area (Å²) in [7, 11) is 0. The Balaban J connectivity index is 1.55. The van der Waals surface area contributed by atoms with Gasteiger partial charge < -0.3 is 19.5 Å². The lowest BCUT2D eigenvalue weighted by Crippen LogP contribution is -2.31. The van der Waals surface area contributed by atoms with E-state index in [9.17, 15) is 4.79 Å². The molecule has 3 rings (SSSR count). The number of nitrogens with one attached hydrogen (secondary N) is 1. The molecule has 2 aromatic rings. The molecule has 0 radical (unpaired) electrons. The Kier molecular flexibility index (Phi) is 5.89. The fourth-order valence-electron chi connectivity index (χ4n) is 3.23. The monoisotopic (exact) mass is 369 g/mol. The van der Waals surface area contributed by atoms with Gasteiger partial charge in [0.1, 0.15) is 19.0 Å². The summed E-state index contributed by atoms with van der Waals surface area (Å²) >= 11 is 0. The van der Waals surface area contributed by atoms with Crippen molar-refractivity contribution in [2.45, 2.75) is 39.7 Å². The van der Waals surface area contributed by atoms with Crippen molar-refractivity contribution >= 4 is 5.91 Å². The van der Waals surface area contributed by atoms with Gasteiger partial charge in [0.15, 0.2) is 18.1 Å². The van der Waals surface area contributed by atoms with Crippen molar-refractivity contribution in [1.82, 2.24) is 5.32 Å². The molecule has 1 N–H and O–H groups in total. The van der Waals surface area contributed by atoms with E-state index >= 15 is 0 Å². The van der Waals surface area contributed by atoms with E-state index < -0.39 is 0 Å².